The zero-order valence-corrected chi connectivity index (χ0v) is 20.3. The topological polar surface area (TPSA) is 90.2 Å². The maximum Gasteiger partial charge on any atom is 0.0627 e. The van der Waals surface area contributed by atoms with Crippen LogP contribution in [-0.4, -0.2) is 60.1 Å². The molecule has 0 aromatic rings. The lowest BCUT2D eigenvalue weighted by Gasteiger charge is -2.23. The molecule has 0 saturated heterocycles. The molecule has 0 aromatic carbocycles. The zero-order chi connectivity index (χ0) is 22.8. The summed E-state index contributed by atoms with van der Waals surface area (Å²) in [5, 5.41) is 34.0. The SMILES string of the molecule is CCCCCCCCCCOCCCCCCCCCC.OCC(CO)(CO)CO. The van der Waals surface area contributed by atoms with Crippen LogP contribution in [0.5, 0.6) is 0 Å². The number of ether oxygens (including phenoxy) is 1. The first-order chi connectivity index (χ1) is 14.7. The lowest BCUT2D eigenvalue weighted by Crippen LogP contribution is -2.37. The number of rotatable bonds is 22. The van der Waals surface area contributed by atoms with E-state index in [1.165, 1.54) is 103 Å². The first-order valence-electron chi connectivity index (χ1n) is 12.7. The highest BCUT2D eigenvalue weighted by molar-refractivity contribution is 4.74. The molecule has 0 atom stereocenters. The molecule has 5 nitrogen and oxygen atoms in total. The Hall–Kier alpha value is -0.200. The van der Waals surface area contributed by atoms with Gasteiger partial charge in [-0.15, -0.1) is 0 Å². The van der Waals surface area contributed by atoms with Crippen LogP contribution in [0.3, 0.4) is 0 Å². The standard InChI is InChI=1S/C20H42O.C5H12O4/c1-3-5-7-9-11-13-15-17-19-21-20-18-16-14-12-10-8-6-4-2;6-1-5(2-7,3-8)4-9/h3-20H2,1-2H3;6-9H,1-4H2. The Morgan fingerprint density at radius 1 is 0.433 bits per heavy atom. The quantitative estimate of drug-likeness (QED) is 0.175. The van der Waals surface area contributed by atoms with E-state index >= 15 is 0 Å². The molecule has 30 heavy (non-hydrogen) atoms. The molecule has 5 heteroatoms. The summed E-state index contributed by atoms with van der Waals surface area (Å²) in [7, 11) is 0. The second-order valence-electron chi connectivity index (χ2n) is 8.69. The normalized spacial score (nSPS) is 11.4. The summed E-state index contributed by atoms with van der Waals surface area (Å²) in [5.74, 6) is 0. The predicted octanol–water partition coefficient (Wildman–Crippen LogP) is 5.23. The van der Waals surface area contributed by atoms with E-state index in [0.717, 1.165) is 13.2 Å². The van der Waals surface area contributed by atoms with E-state index < -0.39 is 31.8 Å². The maximum atomic E-state index is 8.50. The van der Waals surface area contributed by atoms with Crippen LogP contribution in [-0.2, 0) is 4.74 Å². The fourth-order valence-corrected chi connectivity index (χ4v) is 3.08. The van der Waals surface area contributed by atoms with E-state index in [0.29, 0.717) is 0 Å². The Morgan fingerprint density at radius 3 is 0.933 bits per heavy atom. The van der Waals surface area contributed by atoms with Crippen molar-refractivity contribution in [2.24, 2.45) is 5.41 Å². The van der Waals surface area contributed by atoms with Gasteiger partial charge in [0.15, 0.2) is 0 Å². The fourth-order valence-electron chi connectivity index (χ4n) is 3.08. The van der Waals surface area contributed by atoms with Crippen molar-refractivity contribution in [2.75, 3.05) is 39.6 Å². The largest absolute Gasteiger partial charge is 0.396 e. The lowest BCUT2D eigenvalue weighted by molar-refractivity contribution is -0.0328. The van der Waals surface area contributed by atoms with E-state index in [-0.39, 0.29) is 0 Å². The molecule has 0 aliphatic heterocycles. The van der Waals surface area contributed by atoms with Gasteiger partial charge in [0.05, 0.1) is 31.8 Å². The fraction of sp³-hybridized carbons (Fsp3) is 1.00. The van der Waals surface area contributed by atoms with E-state index in [1.807, 2.05) is 0 Å². The van der Waals surface area contributed by atoms with Crippen LogP contribution in [0.4, 0.5) is 0 Å². The highest BCUT2D eigenvalue weighted by atomic mass is 16.5. The Morgan fingerprint density at radius 2 is 0.700 bits per heavy atom. The minimum absolute atomic E-state index is 0.406. The average Bonchev–Trinajstić information content (AvgIpc) is 2.78. The third-order valence-corrected chi connectivity index (χ3v) is 5.63. The molecule has 0 amide bonds. The maximum absolute atomic E-state index is 8.50. The summed E-state index contributed by atoms with van der Waals surface area (Å²) < 4.78 is 5.72. The summed E-state index contributed by atoms with van der Waals surface area (Å²) >= 11 is 0. The van der Waals surface area contributed by atoms with Gasteiger partial charge in [-0.3, -0.25) is 0 Å². The minimum Gasteiger partial charge on any atom is -0.396 e. The van der Waals surface area contributed by atoms with Crippen molar-refractivity contribution in [2.45, 2.75) is 117 Å². The van der Waals surface area contributed by atoms with Crippen molar-refractivity contribution < 1.29 is 25.2 Å². The van der Waals surface area contributed by atoms with Crippen molar-refractivity contribution in [3.8, 4) is 0 Å². The zero-order valence-electron chi connectivity index (χ0n) is 20.3. The molecule has 0 fully saturated rings. The molecular weight excluding hydrogens is 380 g/mol. The Bertz CT molecular complexity index is 260. The van der Waals surface area contributed by atoms with Crippen LogP contribution in [0, 0.1) is 5.41 Å². The molecule has 0 rings (SSSR count). The van der Waals surface area contributed by atoms with Crippen LogP contribution < -0.4 is 0 Å². The highest BCUT2D eigenvalue weighted by Crippen LogP contribution is 2.12. The number of aliphatic hydroxyl groups is 4. The highest BCUT2D eigenvalue weighted by Gasteiger charge is 2.26. The molecule has 0 aliphatic carbocycles. The summed E-state index contributed by atoms with van der Waals surface area (Å²) in [6, 6.07) is 0. The molecule has 0 aliphatic rings. The summed E-state index contributed by atoms with van der Waals surface area (Å²) in [4.78, 5) is 0. The number of hydrogen-bond acceptors (Lipinski definition) is 5. The third kappa shape index (κ3) is 22.5. The number of aliphatic hydroxyl groups excluding tert-OH is 4. The van der Waals surface area contributed by atoms with Gasteiger partial charge in [-0.1, -0.05) is 104 Å². The van der Waals surface area contributed by atoms with Gasteiger partial charge in [0.2, 0.25) is 0 Å². The third-order valence-electron chi connectivity index (χ3n) is 5.63. The smallest absolute Gasteiger partial charge is 0.0627 e. The molecule has 184 valence electrons. The van der Waals surface area contributed by atoms with Gasteiger partial charge < -0.3 is 25.2 Å². The Balaban J connectivity index is 0. The van der Waals surface area contributed by atoms with Crippen molar-refractivity contribution >= 4 is 0 Å². The van der Waals surface area contributed by atoms with Gasteiger partial charge in [0.25, 0.3) is 0 Å². The first-order valence-corrected chi connectivity index (χ1v) is 12.7. The Kier molecular flexibility index (Phi) is 28.6. The van der Waals surface area contributed by atoms with Crippen molar-refractivity contribution in [3.05, 3.63) is 0 Å². The number of hydrogen-bond donors (Lipinski definition) is 4. The first kappa shape index (κ1) is 32.0. The van der Waals surface area contributed by atoms with Crippen molar-refractivity contribution in [1.29, 1.82) is 0 Å². The van der Waals surface area contributed by atoms with Crippen molar-refractivity contribution in [1.82, 2.24) is 0 Å². The van der Waals surface area contributed by atoms with E-state index in [2.05, 4.69) is 13.8 Å². The van der Waals surface area contributed by atoms with Crippen LogP contribution >= 0.6 is 0 Å². The van der Waals surface area contributed by atoms with Gasteiger partial charge in [-0.05, 0) is 12.8 Å². The minimum atomic E-state index is -1.11. The van der Waals surface area contributed by atoms with E-state index in [9.17, 15) is 0 Å². The lowest BCUT2D eigenvalue weighted by atomic mass is 9.93. The molecule has 0 aromatic heterocycles. The van der Waals surface area contributed by atoms with Gasteiger partial charge in [0.1, 0.15) is 0 Å². The molecule has 4 N–H and O–H groups in total. The van der Waals surface area contributed by atoms with Gasteiger partial charge >= 0.3 is 0 Å². The molecule has 0 heterocycles. The van der Waals surface area contributed by atoms with E-state index in [4.69, 9.17) is 25.2 Å². The molecule has 0 radical (unpaired) electrons. The van der Waals surface area contributed by atoms with Crippen LogP contribution in [0.1, 0.15) is 117 Å². The average molecular weight is 435 g/mol. The van der Waals surface area contributed by atoms with Crippen LogP contribution in [0.2, 0.25) is 0 Å². The molecular formula is C25H54O5. The van der Waals surface area contributed by atoms with Gasteiger partial charge in [-0.25, -0.2) is 0 Å². The summed E-state index contributed by atoms with van der Waals surface area (Å²) in [6.45, 7) is 4.92. The monoisotopic (exact) mass is 434 g/mol. The molecule has 0 spiro atoms. The number of unbranched alkanes of at least 4 members (excludes halogenated alkanes) is 14. The van der Waals surface area contributed by atoms with Crippen LogP contribution in [0.15, 0.2) is 0 Å². The Labute approximate surface area is 187 Å². The van der Waals surface area contributed by atoms with Crippen LogP contribution in [0.25, 0.3) is 0 Å². The molecule has 0 unspecified atom stereocenters. The van der Waals surface area contributed by atoms with Crippen molar-refractivity contribution in [3.63, 3.8) is 0 Å². The van der Waals surface area contributed by atoms with E-state index in [1.54, 1.807) is 0 Å². The van der Waals surface area contributed by atoms with Gasteiger partial charge in [0, 0.05) is 13.2 Å². The summed E-state index contributed by atoms with van der Waals surface area (Å²) in [5.41, 5.74) is -1.11. The van der Waals surface area contributed by atoms with Gasteiger partial charge in [-0.2, -0.15) is 0 Å². The molecule has 0 bridgehead atoms. The molecule has 0 saturated carbocycles. The second-order valence-corrected chi connectivity index (χ2v) is 8.69. The second kappa shape index (κ2) is 26.8. The predicted molar refractivity (Wildman–Crippen MR) is 127 cm³/mol. The summed E-state index contributed by atoms with van der Waals surface area (Å²) in [6.07, 6.45) is 22.2.